The molecule has 0 aliphatic carbocycles. The summed E-state index contributed by atoms with van der Waals surface area (Å²) in [5.74, 6) is 1.46. The molecule has 1 aliphatic heterocycles. The van der Waals surface area contributed by atoms with Crippen LogP contribution in [0.4, 0.5) is 0 Å². The fraction of sp³-hybridized carbons (Fsp3) is 0.500. The Kier molecular flexibility index (Phi) is 3.28. The Labute approximate surface area is 97.4 Å². The zero-order chi connectivity index (χ0) is 11.5. The molecule has 1 aliphatic rings. The highest BCUT2D eigenvalue weighted by Gasteiger charge is 2.21. The van der Waals surface area contributed by atoms with Gasteiger partial charge in [-0.05, 0) is 24.0 Å². The average molecular weight is 217 g/mol. The molecule has 0 unspecified atom stereocenters. The zero-order valence-corrected chi connectivity index (χ0v) is 10.2. The molecule has 0 fully saturated rings. The van der Waals surface area contributed by atoms with Gasteiger partial charge in [-0.1, -0.05) is 38.1 Å². The summed E-state index contributed by atoms with van der Waals surface area (Å²) in [6.07, 6.45) is 0.829. The van der Waals surface area contributed by atoms with E-state index in [1.54, 1.807) is 0 Å². The fourth-order valence-electron chi connectivity index (χ4n) is 1.85. The number of hydrogen-bond acceptors (Lipinski definition) is 2. The van der Waals surface area contributed by atoms with Crippen molar-refractivity contribution in [3.05, 3.63) is 35.4 Å². The maximum atomic E-state index is 5.64. The fourth-order valence-corrected chi connectivity index (χ4v) is 1.85. The molecule has 1 aromatic rings. The van der Waals surface area contributed by atoms with Crippen molar-refractivity contribution in [2.24, 2.45) is 10.9 Å². The quantitative estimate of drug-likeness (QED) is 0.762. The lowest BCUT2D eigenvalue weighted by Gasteiger charge is -2.06. The summed E-state index contributed by atoms with van der Waals surface area (Å²) in [5.41, 5.74) is 2.62. The lowest BCUT2D eigenvalue weighted by atomic mass is 10.1. The number of ether oxygens (including phenoxy) is 1. The predicted octanol–water partition coefficient (Wildman–Crippen LogP) is 2.99. The highest BCUT2D eigenvalue weighted by molar-refractivity contribution is 5.80. The summed E-state index contributed by atoms with van der Waals surface area (Å²) in [7, 11) is 0. The SMILES string of the molecule is Cc1ccccc1CC1=N[C@@H](C(C)C)CO1. The number of aliphatic imine (C=N–C) groups is 1. The summed E-state index contributed by atoms with van der Waals surface area (Å²) in [6, 6.07) is 8.75. The van der Waals surface area contributed by atoms with Crippen LogP contribution < -0.4 is 0 Å². The first-order valence-electron chi connectivity index (χ1n) is 5.91. The van der Waals surface area contributed by atoms with Gasteiger partial charge < -0.3 is 4.74 Å². The first-order chi connectivity index (χ1) is 7.66. The molecule has 0 aromatic heterocycles. The maximum absolute atomic E-state index is 5.64. The second kappa shape index (κ2) is 4.69. The van der Waals surface area contributed by atoms with Crippen LogP contribution in [0.5, 0.6) is 0 Å². The molecule has 0 radical (unpaired) electrons. The Morgan fingerprint density at radius 3 is 2.75 bits per heavy atom. The van der Waals surface area contributed by atoms with Gasteiger partial charge >= 0.3 is 0 Å². The van der Waals surface area contributed by atoms with Crippen molar-refractivity contribution < 1.29 is 4.74 Å². The Morgan fingerprint density at radius 1 is 1.38 bits per heavy atom. The Morgan fingerprint density at radius 2 is 2.12 bits per heavy atom. The molecular weight excluding hydrogens is 198 g/mol. The number of nitrogens with zero attached hydrogens (tertiary/aromatic N) is 1. The van der Waals surface area contributed by atoms with Gasteiger partial charge in [0.05, 0.1) is 6.04 Å². The van der Waals surface area contributed by atoms with Gasteiger partial charge in [-0.3, -0.25) is 0 Å². The first kappa shape index (κ1) is 11.2. The standard InChI is InChI=1S/C14H19NO/c1-10(2)13-9-16-14(15-13)8-12-7-5-4-6-11(12)3/h4-7,10,13H,8-9H2,1-3H3/t13-/m1/s1. The monoisotopic (exact) mass is 217 g/mol. The van der Waals surface area contributed by atoms with Gasteiger partial charge in [-0.15, -0.1) is 0 Å². The molecular formula is C14H19NO. The molecule has 0 bridgehead atoms. The van der Waals surface area contributed by atoms with Crippen molar-refractivity contribution in [3.8, 4) is 0 Å². The van der Waals surface area contributed by atoms with Gasteiger partial charge in [0.15, 0.2) is 5.90 Å². The van der Waals surface area contributed by atoms with Gasteiger partial charge in [-0.25, -0.2) is 4.99 Å². The molecule has 0 N–H and O–H groups in total. The van der Waals surface area contributed by atoms with Crippen LogP contribution >= 0.6 is 0 Å². The zero-order valence-electron chi connectivity index (χ0n) is 10.2. The molecule has 1 heterocycles. The van der Waals surface area contributed by atoms with Crippen molar-refractivity contribution >= 4 is 5.90 Å². The van der Waals surface area contributed by atoms with E-state index >= 15 is 0 Å². The lowest BCUT2D eigenvalue weighted by molar-refractivity contribution is 0.287. The van der Waals surface area contributed by atoms with Crippen LogP contribution in [0.15, 0.2) is 29.3 Å². The molecule has 0 amide bonds. The van der Waals surface area contributed by atoms with Crippen LogP contribution in [0.2, 0.25) is 0 Å². The van der Waals surface area contributed by atoms with Crippen LogP contribution in [-0.4, -0.2) is 18.5 Å². The van der Waals surface area contributed by atoms with E-state index in [1.165, 1.54) is 11.1 Å². The minimum absolute atomic E-state index is 0.346. The van der Waals surface area contributed by atoms with Gasteiger partial charge in [0.1, 0.15) is 6.61 Å². The molecule has 1 aromatic carbocycles. The number of benzene rings is 1. The third kappa shape index (κ3) is 2.43. The first-order valence-corrected chi connectivity index (χ1v) is 5.91. The van der Waals surface area contributed by atoms with Gasteiger partial charge in [0, 0.05) is 6.42 Å². The third-order valence-corrected chi connectivity index (χ3v) is 3.10. The third-order valence-electron chi connectivity index (χ3n) is 3.10. The smallest absolute Gasteiger partial charge is 0.188 e. The van der Waals surface area contributed by atoms with E-state index < -0.39 is 0 Å². The molecule has 0 spiro atoms. The summed E-state index contributed by atoms with van der Waals surface area (Å²) in [4.78, 5) is 4.62. The maximum Gasteiger partial charge on any atom is 0.188 e. The topological polar surface area (TPSA) is 21.6 Å². The minimum Gasteiger partial charge on any atom is -0.478 e. The average Bonchev–Trinajstić information content (AvgIpc) is 2.70. The minimum atomic E-state index is 0.346. The summed E-state index contributed by atoms with van der Waals surface area (Å²) in [5, 5.41) is 0. The molecule has 2 nitrogen and oxygen atoms in total. The van der Waals surface area contributed by atoms with Gasteiger partial charge in [0.2, 0.25) is 0 Å². The largest absolute Gasteiger partial charge is 0.478 e. The van der Waals surface area contributed by atoms with E-state index in [2.05, 4.69) is 50.0 Å². The van der Waals surface area contributed by atoms with E-state index in [1.807, 2.05) is 0 Å². The summed E-state index contributed by atoms with van der Waals surface area (Å²) in [6.45, 7) is 7.26. The van der Waals surface area contributed by atoms with E-state index in [0.29, 0.717) is 12.0 Å². The van der Waals surface area contributed by atoms with Crippen molar-refractivity contribution in [1.82, 2.24) is 0 Å². The number of aryl methyl sites for hydroxylation is 1. The highest BCUT2D eigenvalue weighted by atomic mass is 16.5. The van der Waals surface area contributed by atoms with Crippen LogP contribution in [0.3, 0.4) is 0 Å². The van der Waals surface area contributed by atoms with Crippen molar-refractivity contribution in [2.75, 3.05) is 6.61 Å². The Balaban J connectivity index is 2.07. The molecule has 1 atom stereocenters. The van der Waals surface area contributed by atoms with Crippen molar-refractivity contribution in [3.63, 3.8) is 0 Å². The van der Waals surface area contributed by atoms with Gasteiger partial charge in [0.25, 0.3) is 0 Å². The molecule has 0 saturated heterocycles. The van der Waals surface area contributed by atoms with Crippen LogP contribution in [0, 0.1) is 12.8 Å². The molecule has 2 heteroatoms. The van der Waals surface area contributed by atoms with Crippen molar-refractivity contribution in [1.29, 1.82) is 0 Å². The summed E-state index contributed by atoms with van der Waals surface area (Å²) < 4.78 is 5.64. The molecule has 2 rings (SSSR count). The number of rotatable bonds is 3. The van der Waals surface area contributed by atoms with Crippen LogP contribution in [-0.2, 0) is 11.2 Å². The normalized spacial score (nSPS) is 19.8. The summed E-state index contributed by atoms with van der Waals surface area (Å²) >= 11 is 0. The predicted molar refractivity (Wildman–Crippen MR) is 66.9 cm³/mol. The van der Waals surface area contributed by atoms with Crippen LogP contribution in [0.25, 0.3) is 0 Å². The van der Waals surface area contributed by atoms with Crippen LogP contribution in [0.1, 0.15) is 25.0 Å². The highest BCUT2D eigenvalue weighted by Crippen LogP contribution is 2.17. The van der Waals surface area contributed by atoms with Gasteiger partial charge in [-0.2, -0.15) is 0 Å². The lowest BCUT2D eigenvalue weighted by Crippen LogP contribution is -2.13. The Hall–Kier alpha value is -1.31. The van der Waals surface area contributed by atoms with E-state index in [0.717, 1.165) is 18.9 Å². The molecule has 16 heavy (non-hydrogen) atoms. The number of hydrogen-bond donors (Lipinski definition) is 0. The second-order valence-electron chi connectivity index (χ2n) is 4.75. The van der Waals surface area contributed by atoms with E-state index in [4.69, 9.17) is 4.74 Å². The van der Waals surface area contributed by atoms with E-state index in [9.17, 15) is 0 Å². The second-order valence-corrected chi connectivity index (χ2v) is 4.75. The molecule has 86 valence electrons. The molecule has 0 saturated carbocycles. The Bertz CT molecular complexity index is 395. The van der Waals surface area contributed by atoms with Crippen molar-refractivity contribution in [2.45, 2.75) is 33.2 Å². The van der Waals surface area contributed by atoms with E-state index in [-0.39, 0.29) is 0 Å².